The third kappa shape index (κ3) is 2.93. The molecule has 100 valence electrons. The second-order valence-electron chi connectivity index (χ2n) is 5.37. The maximum atomic E-state index is 10.3. The number of benzene rings is 2. The van der Waals surface area contributed by atoms with Crippen LogP contribution in [-0.2, 0) is 0 Å². The summed E-state index contributed by atoms with van der Waals surface area (Å²) in [5, 5.41) is 12.6. The molecule has 2 aromatic rings. The van der Waals surface area contributed by atoms with Crippen molar-refractivity contribution in [3.05, 3.63) is 40.9 Å². The molecule has 1 N–H and O–H groups in total. The summed E-state index contributed by atoms with van der Waals surface area (Å²) >= 11 is 3.47. The summed E-state index contributed by atoms with van der Waals surface area (Å²) in [6, 6.07) is 12.2. The molecule has 0 bridgehead atoms. The smallest absolute Gasteiger partial charge is 0.120 e. The van der Waals surface area contributed by atoms with Crippen LogP contribution in [0.2, 0.25) is 0 Å². The minimum Gasteiger partial charge on any atom is -0.491 e. The largest absolute Gasteiger partial charge is 0.491 e. The van der Waals surface area contributed by atoms with E-state index in [1.807, 2.05) is 24.3 Å². The van der Waals surface area contributed by atoms with Crippen molar-refractivity contribution in [1.82, 2.24) is 0 Å². The Labute approximate surface area is 121 Å². The zero-order valence-corrected chi connectivity index (χ0v) is 12.3. The van der Waals surface area contributed by atoms with Crippen molar-refractivity contribution in [2.45, 2.75) is 31.3 Å². The van der Waals surface area contributed by atoms with Crippen molar-refractivity contribution in [1.29, 1.82) is 0 Å². The normalized spacial score (nSPS) is 17.8. The summed E-state index contributed by atoms with van der Waals surface area (Å²) < 4.78 is 6.85. The molecule has 0 atom stereocenters. The van der Waals surface area contributed by atoms with Crippen molar-refractivity contribution in [3.8, 4) is 5.75 Å². The SMILES string of the molecule is OC1(COc2ccc3cc(Br)ccc3c2)CCCC1. The second-order valence-corrected chi connectivity index (χ2v) is 6.29. The first kappa shape index (κ1) is 12.9. The summed E-state index contributed by atoms with van der Waals surface area (Å²) in [5.74, 6) is 0.829. The third-order valence-electron chi connectivity index (χ3n) is 3.82. The van der Waals surface area contributed by atoms with Crippen LogP contribution in [-0.4, -0.2) is 17.3 Å². The van der Waals surface area contributed by atoms with Crippen LogP contribution in [0.15, 0.2) is 40.9 Å². The second kappa shape index (κ2) is 5.14. The summed E-state index contributed by atoms with van der Waals surface area (Å²) in [6.07, 6.45) is 3.91. The number of aliphatic hydroxyl groups is 1. The number of ether oxygens (including phenoxy) is 1. The quantitative estimate of drug-likeness (QED) is 0.914. The van der Waals surface area contributed by atoms with Gasteiger partial charge in [-0.15, -0.1) is 0 Å². The zero-order chi connectivity index (χ0) is 13.3. The van der Waals surface area contributed by atoms with Crippen LogP contribution in [0.1, 0.15) is 25.7 Å². The highest BCUT2D eigenvalue weighted by Gasteiger charge is 2.31. The van der Waals surface area contributed by atoms with Crippen molar-refractivity contribution >= 4 is 26.7 Å². The Morgan fingerprint density at radius 3 is 2.53 bits per heavy atom. The molecule has 0 saturated heterocycles. The van der Waals surface area contributed by atoms with Crippen LogP contribution in [0.5, 0.6) is 5.75 Å². The minimum absolute atomic E-state index is 0.398. The molecule has 0 amide bonds. The van der Waals surface area contributed by atoms with Gasteiger partial charge in [-0.25, -0.2) is 0 Å². The Bertz CT molecular complexity index is 588. The van der Waals surface area contributed by atoms with E-state index in [1.165, 1.54) is 5.39 Å². The van der Waals surface area contributed by atoms with Crippen LogP contribution >= 0.6 is 15.9 Å². The number of halogens is 1. The summed E-state index contributed by atoms with van der Waals surface area (Å²) in [5.41, 5.74) is -0.616. The molecule has 0 aromatic heterocycles. The van der Waals surface area contributed by atoms with Crippen LogP contribution in [0.25, 0.3) is 10.8 Å². The third-order valence-corrected chi connectivity index (χ3v) is 4.31. The molecule has 3 heteroatoms. The topological polar surface area (TPSA) is 29.5 Å². The first-order valence-corrected chi connectivity index (χ1v) is 7.49. The predicted molar refractivity (Wildman–Crippen MR) is 80.6 cm³/mol. The number of hydrogen-bond donors (Lipinski definition) is 1. The summed E-state index contributed by atoms with van der Waals surface area (Å²) in [7, 11) is 0. The molecule has 1 fully saturated rings. The molecule has 2 nitrogen and oxygen atoms in total. The van der Waals surface area contributed by atoms with Gasteiger partial charge in [-0.2, -0.15) is 0 Å². The Hall–Kier alpha value is -1.06. The van der Waals surface area contributed by atoms with Crippen LogP contribution in [0.4, 0.5) is 0 Å². The van der Waals surface area contributed by atoms with Gasteiger partial charge in [0.15, 0.2) is 0 Å². The van der Waals surface area contributed by atoms with E-state index in [0.29, 0.717) is 6.61 Å². The molecular weight excluding hydrogens is 304 g/mol. The van der Waals surface area contributed by atoms with E-state index in [4.69, 9.17) is 4.74 Å². The first-order valence-electron chi connectivity index (χ1n) is 6.69. The summed E-state index contributed by atoms with van der Waals surface area (Å²) in [4.78, 5) is 0. The lowest BCUT2D eigenvalue weighted by molar-refractivity contribution is 0.00145. The monoisotopic (exact) mass is 320 g/mol. The van der Waals surface area contributed by atoms with E-state index in [0.717, 1.165) is 41.3 Å². The van der Waals surface area contributed by atoms with Crippen molar-refractivity contribution in [2.24, 2.45) is 0 Å². The maximum Gasteiger partial charge on any atom is 0.120 e. The molecule has 0 heterocycles. The number of fused-ring (bicyclic) bond motifs is 1. The maximum absolute atomic E-state index is 10.3. The van der Waals surface area contributed by atoms with Gasteiger partial charge in [-0.3, -0.25) is 0 Å². The molecule has 0 unspecified atom stereocenters. The minimum atomic E-state index is -0.616. The van der Waals surface area contributed by atoms with Gasteiger partial charge in [0.1, 0.15) is 12.4 Å². The molecule has 1 aliphatic carbocycles. The lowest BCUT2D eigenvalue weighted by Crippen LogP contribution is -2.32. The van der Waals surface area contributed by atoms with E-state index in [9.17, 15) is 5.11 Å². The van der Waals surface area contributed by atoms with E-state index < -0.39 is 5.60 Å². The van der Waals surface area contributed by atoms with Crippen molar-refractivity contribution in [3.63, 3.8) is 0 Å². The molecule has 0 aliphatic heterocycles. The van der Waals surface area contributed by atoms with Gasteiger partial charge in [-0.1, -0.05) is 40.9 Å². The highest BCUT2D eigenvalue weighted by Crippen LogP contribution is 2.31. The van der Waals surface area contributed by atoms with Gasteiger partial charge in [0.05, 0.1) is 5.60 Å². The average Bonchev–Trinajstić information content (AvgIpc) is 2.84. The lowest BCUT2D eigenvalue weighted by Gasteiger charge is -2.22. The Balaban J connectivity index is 1.76. The molecule has 2 aromatic carbocycles. The van der Waals surface area contributed by atoms with E-state index in [1.54, 1.807) is 0 Å². The number of rotatable bonds is 3. The Morgan fingerprint density at radius 1 is 1.05 bits per heavy atom. The van der Waals surface area contributed by atoms with Crippen LogP contribution in [0, 0.1) is 0 Å². The Morgan fingerprint density at radius 2 is 1.74 bits per heavy atom. The first-order chi connectivity index (χ1) is 9.15. The van der Waals surface area contributed by atoms with Gasteiger partial charge in [0, 0.05) is 4.47 Å². The fraction of sp³-hybridized carbons (Fsp3) is 0.375. The summed E-state index contributed by atoms with van der Waals surface area (Å²) in [6.45, 7) is 0.398. The van der Waals surface area contributed by atoms with Gasteiger partial charge in [-0.05, 0) is 47.9 Å². The average molecular weight is 321 g/mol. The zero-order valence-electron chi connectivity index (χ0n) is 10.7. The predicted octanol–water partition coefficient (Wildman–Crippen LogP) is 4.29. The van der Waals surface area contributed by atoms with Crippen molar-refractivity contribution < 1.29 is 9.84 Å². The molecule has 1 saturated carbocycles. The molecule has 19 heavy (non-hydrogen) atoms. The molecule has 0 spiro atoms. The highest BCUT2D eigenvalue weighted by molar-refractivity contribution is 9.10. The molecule has 0 radical (unpaired) electrons. The molecular formula is C16H17BrO2. The van der Waals surface area contributed by atoms with Gasteiger partial charge in [0.25, 0.3) is 0 Å². The van der Waals surface area contributed by atoms with Gasteiger partial charge < -0.3 is 9.84 Å². The Kier molecular flexibility index (Phi) is 3.50. The van der Waals surface area contributed by atoms with Crippen LogP contribution in [0.3, 0.4) is 0 Å². The molecule has 3 rings (SSSR count). The highest BCUT2D eigenvalue weighted by atomic mass is 79.9. The van der Waals surface area contributed by atoms with E-state index >= 15 is 0 Å². The van der Waals surface area contributed by atoms with E-state index in [2.05, 4.69) is 28.1 Å². The van der Waals surface area contributed by atoms with Gasteiger partial charge >= 0.3 is 0 Å². The van der Waals surface area contributed by atoms with Gasteiger partial charge in [0.2, 0.25) is 0 Å². The number of hydrogen-bond acceptors (Lipinski definition) is 2. The fourth-order valence-corrected chi connectivity index (χ4v) is 3.06. The van der Waals surface area contributed by atoms with Crippen molar-refractivity contribution in [2.75, 3.05) is 6.61 Å². The van der Waals surface area contributed by atoms with E-state index in [-0.39, 0.29) is 0 Å². The molecule has 1 aliphatic rings. The lowest BCUT2D eigenvalue weighted by atomic mass is 10.0. The standard InChI is InChI=1S/C16H17BrO2/c17-14-5-3-13-10-15(6-4-12(13)9-14)19-11-16(18)7-1-2-8-16/h3-6,9-10,18H,1-2,7-8,11H2. The van der Waals surface area contributed by atoms with Crippen LogP contribution < -0.4 is 4.74 Å². The fourth-order valence-electron chi connectivity index (χ4n) is 2.68.